The molecule has 1 atom stereocenters. The van der Waals surface area contributed by atoms with E-state index < -0.39 is 0 Å². The molecule has 5 heteroatoms. The van der Waals surface area contributed by atoms with Crippen LogP contribution in [0.15, 0.2) is 6.07 Å². The van der Waals surface area contributed by atoms with E-state index in [-0.39, 0.29) is 0 Å². The largest absolute Gasteiger partial charge is 0.378 e. The molecule has 1 aromatic heterocycles. The van der Waals surface area contributed by atoms with Crippen LogP contribution in [0.3, 0.4) is 0 Å². The summed E-state index contributed by atoms with van der Waals surface area (Å²) in [4.78, 5) is 0. The third-order valence-corrected chi connectivity index (χ3v) is 4.48. The molecule has 1 saturated carbocycles. The molecule has 1 heterocycles. The van der Waals surface area contributed by atoms with E-state index in [0.29, 0.717) is 12.1 Å². The fourth-order valence-electron chi connectivity index (χ4n) is 3.23. The van der Waals surface area contributed by atoms with Gasteiger partial charge >= 0.3 is 0 Å². The first-order valence-corrected chi connectivity index (χ1v) is 8.33. The van der Waals surface area contributed by atoms with Gasteiger partial charge in [-0.1, -0.05) is 6.92 Å². The van der Waals surface area contributed by atoms with Crippen molar-refractivity contribution in [2.24, 2.45) is 11.8 Å². The third-order valence-electron chi connectivity index (χ3n) is 4.48. The highest BCUT2D eigenvalue weighted by Gasteiger charge is 2.31. The number of nitrogens with two attached hydrogens (primary N) is 1. The van der Waals surface area contributed by atoms with Crippen LogP contribution < -0.4 is 11.3 Å². The molecule has 0 radical (unpaired) electrons. The molecule has 0 aliphatic heterocycles. The van der Waals surface area contributed by atoms with E-state index in [1.807, 2.05) is 0 Å². The van der Waals surface area contributed by atoms with Gasteiger partial charge in [0.15, 0.2) is 0 Å². The number of rotatable bonds is 9. The van der Waals surface area contributed by atoms with Gasteiger partial charge in [0.1, 0.15) is 0 Å². The molecule has 2 rings (SSSR count). The van der Waals surface area contributed by atoms with Gasteiger partial charge in [-0.25, -0.2) is 0 Å². The van der Waals surface area contributed by atoms with Crippen molar-refractivity contribution in [3.8, 4) is 0 Å². The summed E-state index contributed by atoms with van der Waals surface area (Å²) in [5.74, 6) is 6.50. The minimum Gasteiger partial charge on any atom is -0.378 e. The molecule has 1 unspecified atom stereocenters. The molecule has 120 valence electrons. The maximum Gasteiger partial charge on any atom is 0.0624 e. The molecule has 3 N–H and O–H groups in total. The summed E-state index contributed by atoms with van der Waals surface area (Å²) in [7, 11) is 0. The normalized spacial score (nSPS) is 23.0. The Bertz CT molecular complexity index is 426. The minimum absolute atomic E-state index is 0.323. The van der Waals surface area contributed by atoms with Crippen LogP contribution in [0.25, 0.3) is 0 Å². The van der Waals surface area contributed by atoms with Crippen LogP contribution in [0, 0.1) is 5.92 Å². The second-order valence-electron chi connectivity index (χ2n) is 6.01. The van der Waals surface area contributed by atoms with Crippen molar-refractivity contribution >= 4 is 0 Å². The second-order valence-corrected chi connectivity index (χ2v) is 6.01. The maximum absolute atomic E-state index is 5.76. The van der Waals surface area contributed by atoms with Crippen molar-refractivity contribution in [2.45, 2.75) is 71.6 Å². The van der Waals surface area contributed by atoms with E-state index in [9.17, 15) is 0 Å². The summed E-state index contributed by atoms with van der Waals surface area (Å²) < 4.78 is 7.73. The second kappa shape index (κ2) is 7.92. The van der Waals surface area contributed by atoms with Gasteiger partial charge in [0.25, 0.3) is 0 Å². The van der Waals surface area contributed by atoms with Crippen LogP contribution in [-0.2, 0) is 24.1 Å². The first kappa shape index (κ1) is 16.5. The zero-order chi connectivity index (χ0) is 15.2. The highest BCUT2D eigenvalue weighted by atomic mass is 16.5. The van der Waals surface area contributed by atoms with Crippen LogP contribution >= 0.6 is 0 Å². The van der Waals surface area contributed by atoms with Crippen LogP contribution in [0.5, 0.6) is 0 Å². The van der Waals surface area contributed by atoms with E-state index in [2.05, 4.69) is 42.0 Å². The van der Waals surface area contributed by atoms with Crippen molar-refractivity contribution < 1.29 is 4.74 Å². The average molecular weight is 294 g/mol. The smallest absolute Gasteiger partial charge is 0.0624 e. The zero-order valence-corrected chi connectivity index (χ0v) is 13.6. The molecule has 21 heavy (non-hydrogen) atoms. The van der Waals surface area contributed by atoms with Crippen molar-refractivity contribution in [2.75, 3.05) is 6.61 Å². The Hall–Kier alpha value is -0.910. The predicted molar refractivity (Wildman–Crippen MR) is 84.8 cm³/mol. The molecule has 0 amide bonds. The van der Waals surface area contributed by atoms with Crippen LogP contribution in [-0.4, -0.2) is 28.5 Å². The Balaban J connectivity index is 1.86. The number of hydrazine groups is 1. The summed E-state index contributed by atoms with van der Waals surface area (Å²) in [5.41, 5.74) is 5.45. The quantitative estimate of drug-likeness (QED) is 0.540. The number of aryl methyl sites for hydroxylation is 2. The van der Waals surface area contributed by atoms with Gasteiger partial charge in [-0.2, -0.15) is 5.10 Å². The SMILES string of the molecule is CCOC1CC(CC(Cc2cc(CC)nn2CC)NN)C1. The summed E-state index contributed by atoms with van der Waals surface area (Å²) in [5, 5.41) is 4.61. The molecule has 0 spiro atoms. The summed E-state index contributed by atoms with van der Waals surface area (Å²) >= 11 is 0. The van der Waals surface area contributed by atoms with E-state index in [1.165, 1.54) is 24.2 Å². The van der Waals surface area contributed by atoms with Gasteiger partial charge in [-0.3, -0.25) is 16.0 Å². The molecule has 0 saturated heterocycles. The number of ether oxygens (including phenoxy) is 1. The van der Waals surface area contributed by atoms with E-state index >= 15 is 0 Å². The first-order chi connectivity index (χ1) is 10.2. The third kappa shape index (κ3) is 4.28. The van der Waals surface area contributed by atoms with Crippen molar-refractivity contribution in [3.63, 3.8) is 0 Å². The van der Waals surface area contributed by atoms with Crippen LogP contribution in [0.4, 0.5) is 0 Å². The molecule has 1 aliphatic rings. The van der Waals surface area contributed by atoms with Crippen molar-refractivity contribution in [3.05, 3.63) is 17.5 Å². The number of hydrogen-bond acceptors (Lipinski definition) is 4. The lowest BCUT2D eigenvalue weighted by Gasteiger charge is -2.36. The number of nitrogens with one attached hydrogen (secondary N) is 1. The maximum atomic E-state index is 5.76. The minimum atomic E-state index is 0.323. The standard InChI is InChI=1S/C16H30N4O/c1-4-13-10-15(20(5-2)19-13)11-14(18-17)7-12-8-16(9-12)21-6-3/h10,12,14,16,18H,4-9,11,17H2,1-3H3. The Labute approximate surface area is 128 Å². The topological polar surface area (TPSA) is 65.1 Å². The molecular weight excluding hydrogens is 264 g/mol. The van der Waals surface area contributed by atoms with Gasteiger partial charge in [0, 0.05) is 31.3 Å². The Morgan fingerprint density at radius 1 is 1.43 bits per heavy atom. The molecule has 1 aliphatic carbocycles. The van der Waals surface area contributed by atoms with Crippen LogP contribution in [0.2, 0.25) is 0 Å². The van der Waals surface area contributed by atoms with Gasteiger partial charge in [-0.15, -0.1) is 0 Å². The Kier molecular flexibility index (Phi) is 6.21. The lowest BCUT2D eigenvalue weighted by molar-refractivity contribution is -0.0290. The number of nitrogens with zero attached hydrogens (tertiary/aromatic N) is 2. The summed E-state index contributed by atoms with van der Waals surface area (Å²) in [6.45, 7) is 8.09. The fraction of sp³-hybridized carbons (Fsp3) is 0.812. The highest BCUT2D eigenvalue weighted by molar-refractivity contribution is 5.12. The highest BCUT2D eigenvalue weighted by Crippen LogP contribution is 2.34. The molecule has 5 nitrogen and oxygen atoms in total. The van der Waals surface area contributed by atoms with Gasteiger partial charge in [0.05, 0.1) is 11.8 Å². The lowest BCUT2D eigenvalue weighted by atomic mass is 9.77. The van der Waals surface area contributed by atoms with E-state index in [4.69, 9.17) is 10.6 Å². The summed E-state index contributed by atoms with van der Waals surface area (Å²) in [6, 6.07) is 2.54. The fourth-order valence-corrected chi connectivity index (χ4v) is 3.23. The van der Waals surface area contributed by atoms with Gasteiger partial charge in [-0.05, 0) is 51.5 Å². The Morgan fingerprint density at radius 2 is 2.19 bits per heavy atom. The molecular formula is C16H30N4O. The summed E-state index contributed by atoms with van der Waals surface area (Å²) in [6.07, 6.45) is 5.90. The van der Waals surface area contributed by atoms with Gasteiger partial charge < -0.3 is 4.74 Å². The number of hydrogen-bond donors (Lipinski definition) is 2. The average Bonchev–Trinajstić information content (AvgIpc) is 2.86. The molecule has 1 fully saturated rings. The molecule has 0 aromatic carbocycles. The van der Waals surface area contributed by atoms with E-state index in [1.54, 1.807) is 0 Å². The van der Waals surface area contributed by atoms with Gasteiger partial charge in [0.2, 0.25) is 0 Å². The van der Waals surface area contributed by atoms with E-state index in [0.717, 1.165) is 38.3 Å². The molecule has 1 aromatic rings. The lowest BCUT2D eigenvalue weighted by Crippen LogP contribution is -2.42. The zero-order valence-electron chi connectivity index (χ0n) is 13.6. The van der Waals surface area contributed by atoms with Crippen molar-refractivity contribution in [1.82, 2.24) is 15.2 Å². The molecule has 0 bridgehead atoms. The van der Waals surface area contributed by atoms with Crippen molar-refractivity contribution in [1.29, 1.82) is 0 Å². The Morgan fingerprint density at radius 3 is 2.76 bits per heavy atom. The van der Waals surface area contributed by atoms with Crippen LogP contribution in [0.1, 0.15) is 51.4 Å². The monoisotopic (exact) mass is 294 g/mol. The first-order valence-electron chi connectivity index (χ1n) is 8.33. The predicted octanol–water partition coefficient (Wildman–Crippen LogP) is 2.04. The number of aromatic nitrogens is 2.